The van der Waals surface area contributed by atoms with Crippen molar-refractivity contribution in [2.24, 2.45) is 0 Å². The average molecular weight is 397 g/mol. The zero-order chi connectivity index (χ0) is 21.0. The number of rotatable bonds is 7. The van der Waals surface area contributed by atoms with Crippen LogP contribution in [0.5, 0.6) is 0 Å². The molecule has 1 atom stereocenters. The Morgan fingerprint density at radius 1 is 1.14 bits per heavy atom. The normalized spacial score (nSPS) is 12.0. The number of nitrogens with zero attached hydrogens (tertiary/aromatic N) is 2. The maximum Gasteiger partial charge on any atom is 0.342 e. The molecule has 3 rings (SSSR count). The Bertz CT molecular complexity index is 1030. The third kappa shape index (κ3) is 4.21. The molecule has 0 saturated heterocycles. The molecule has 2 heterocycles. The van der Waals surface area contributed by atoms with Gasteiger partial charge in [-0.05, 0) is 25.8 Å². The summed E-state index contributed by atoms with van der Waals surface area (Å²) in [5.41, 5.74) is 7.27. The van der Waals surface area contributed by atoms with Gasteiger partial charge in [0.15, 0.2) is 12.4 Å². The zero-order valence-electron chi connectivity index (χ0n) is 16.6. The van der Waals surface area contributed by atoms with Crippen molar-refractivity contribution < 1.29 is 23.5 Å². The monoisotopic (exact) mass is 397 g/mol. The van der Waals surface area contributed by atoms with Crippen LogP contribution in [0.3, 0.4) is 0 Å². The van der Waals surface area contributed by atoms with E-state index in [4.69, 9.17) is 19.6 Å². The van der Waals surface area contributed by atoms with Crippen molar-refractivity contribution >= 4 is 28.9 Å². The van der Waals surface area contributed by atoms with Gasteiger partial charge in [0.25, 0.3) is 0 Å². The van der Waals surface area contributed by atoms with Gasteiger partial charge in [-0.2, -0.15) is 4.98 Å². The van der Waals surface area contributed by atoms with Gasteiger partial charge in [0.05, 0.1) is 17.9 Å². The SMILES string of the molecule is CCOC(=O)c1c(C)oc2nc(COC(=O)C(CC)c3ccccc3)nc(N)c12. The molecule has 0 amide bonds. The van der Waals surface area contributed by atoms with Crippen molar-refractivity contribution in [1.29, 1.82) is 0 Å². The van der Waals surface area contributed by atoms with E-state index in [9.17, 15) is 9.59 Å². The first kappa shape index (κ1) is 20.3. The van der Waals surface area contributed by atoms with E-state index in [1.54, 1.807) is 13.8 Å². The minimum absolute atomic E-state index is 0.0658. The summed E-state index contributed by atoms with van der Waals surface area (Å²) in [6.07, 6.45) is 0.602. The third-order valence-corrected chi connectivity index (χ3v) is 4.52. The number of carbonyl (C=O) groups excluding carboxylic acids is 2. The van der Waals surface area contributed by atoms with Gasteiger partial charge >= 0.3 is 11.9 Å². The number of nitrogens with two attached hydrogens (primary N) is 1. The number of hydrogen-bond acceptors (Lipinski definition) is 8. The molecular formula is C21H23N3O5. The molecule has 2 N–H and O–H groups in total. The third-order valence-electron chi connectivity index (χ3n) is 4.52. The standard InChI is InChI=1S/C21H23N3O5/c1-4-14(13-9-7-6-8-10-13)20(25)28-11-15-23-18(22)17-16(21(26)27-5-2)12(3)29-19(17)24-15/h6-10,14H,4-5,11H2,1-3H3,(H2,22,23,24). The lowest BCUT2D eigenvalue weighted by Crippen LogP contribution is -2.16. The average Bonchev–Trinajstić information content (AvgIpc) is 3.04. The number of ether oxygens (including phenoxy) is 2. The number of anilines is 1. The van der Waals surface area contributed by atoms with Crippen molar-refractivity contribution in [3.8, 4) is 0 Å². The van der Waals surface area contributed by atoms with E-state index in [-0.39, 0.29) is 48.0 Å². The van der Waals surface area contributed by atoms with Crippen LogP contribution >= 0.6 is 0 Å². The van der Waals surface area contributed by atoms with Crippen LogP contribution in [0, 0.1) is 6.92 Å². The van der Waals surface area contributed by atoms with Crippen LogP contribution in [0.15, 0.2) is 34.7 Å². The molecule has 8 nitrogen and oxygen atoms in total. The van der Waals surface area contributed by atoms with E-state index in [1.165, 1.54) is 0 Å². The molecular weight excluding hydrogens is 374 g/mol. The maximum atomic E-state index is 12.5. The molecule has 0 saturated carbocycles. The fourth-order valence-corrected chi connectivity index (χ4v) is 3.16. The molecule has 0 bridgehead atoms. The number of carbonyl (C=O) groups is 2. The summed E-state index contributed by atoms with van der Waals surface area (Å²) in [5, 5.41) is 0.298. The number of fused-ring (bicyclic) bond motifs is 1. The van der Waals surface area contributed by atoms with Crippen LogP contribution < -0.4 is 5.73 Å². The highest BCUT2D eigenvalue weighted by molar-refractivity contribution is 6.07. The second-order valence-corrected chi connectivity index (χ2v) is 6.44. The Hall–Kier alpha value is -3.42. The van der Waals surface area contributed by atoms with Crippen LogP contribution in [0.2, 0.25) is 0 Å². The molecule has 1 unspecified atom stereocenters. The van der Waals surface area contributed by atoms with Gasteiger partial charge in [0, 0.05) is 0 Å². The van der Waals surface area contributed by atoms with Crippen LogP contribution in [0.1, 0.15) is 53.7 Å². The highest BCUT2D eigenvalue weighted by atomic mass is 16.5. The van der Waals surface area contributed by atoms with Crippen molar-refractivity contribution in [2.75, 3.05) is 12.3 Å². The summed E-state index contributed by atoms with van der Waals surface area (Å²) >= 11 is 0. The number of hydrogen-bond donors (Lipinski definition) is 1. The van der Waals surface area contributed by atoms with Gasteiger partial charge in [-0.15, -0.1) is 0 Å². The van der Waals surface area contributed by atoms with E-state index < -0.39 is 5.97 Å². The van der Waals surface area contributed by atoms with E-state index in [2.05, 4.69) is 9.97 Å². The number of esters is 2. The van der Waals surface area contributed by atoms with Gasteiger partial charge in [0.2, 0.25) is 5.71 Å². The van der Waals surface area contributed by atoms with Gasteiger partial charge in [0.1, 0.15) is 17.1 Å². The van der Waals surface area contributed by atoms with Crippen LogP contribution in [-0.2, 0) is 20.9 Å². The molecule has 152 valence electrons. The van der Waals surface area contributed by atoms with E-state index in [0.717, 1.165) is 5.56 Å². The van der Waals surface area contributed by atoms with E-state index >= 15 is 0 Å². The molecule has 0 aliphatic carbocycles. The van der Waals surface area contributed by atoms with Gasteiger partial charge in [-0.1, -0.05) is 37.3 Å². The molecule has 1 aromatic carbocycles. The lowest BCUT2D eigenvalue weighted by Gasteiger charge is -2.14. The van der Waals surface area contributed by atoms with E-state index in [0.29, 0.717) is 17.6 Å². The first-order valence-electron chi connectivity index (χ1n) is 9.40. The zero-order valence-corrected chi connectivity index (χ0v) is 16.6. The minimum Gasteiger partial charge on any atom is -0.462 e. The molecule has 0 spiro atoms. The number of furan rings is 1. The van der Waals surface area contributed by atoms with Crippen LogP contribution in [-0.4, -0.2) is 28.5 Å². The van der Waals surface area contributed by atoms with E-state index in [1.807, 2.05) is 37.3 Å². The lowest BCUT2D eigenvalue weighted by molar-refractivity contribution is -0.147. The van der Waals surface area contributed by atoms with Gasteiger partial charge in [-0.25, -0.2) is 9.78 Å². The first-order chi connectivity index (χ1) is 14.0. The van der Waals surface area contributed by atoms with Gasteiger partial charge in [-0.3, -0.25) is 4.79 Å². The quantitative estimate of drug-likeness (QED) is 0.602. The largest absolute Gasteiger partial charge is 0.462 e. The number of aryl methyl sites for hydroxylation is 1. The molecule has 2 aromatic heterocycles. The van der Waals surface area contributed by atoms with Crippen molar-refractivity contribution in [3.63, 3.8) is 0 Å². The first-order valence-corrected chi connectivity index (χ1v) is 9.40. The highest BCUT2D eigenvalue weighted by Crippen LogP contribution is 2.29. The van der Waals surface area contributed by atoms with Crippen molar-refractivity contribution in [2.45, 2.75) is 39.7 Å². The second-order valence-electron chi connectivity index (χ2n) is 6.44. The van der Waals surface area contributed by atoms with Crippen LogP contribution in [0.25, 0.3) is 11.1 Å². The Balaban J connectivity index is 1.81. The second kappa shape index (κ2) is 8.72. The molecule has 0 fully saturated rings. The minimum atomic E-state index is -0.549. The summed E-state index contributed by atoms with van der Waals surface area (Å²) < 4.78 is 16.0. The fraction of sp³-hybridized carbons (Fsp3) is 0.333. The molecule has 0 aliphatic rings. The maximum absolute atomic E-state index is 12.5. The predicted molar refractivity (Wildman–Crippen MR) is 106 cm³/mol. The topological polar surface area (TPSA) is 118 Å². The van der Waals surface area contributed by atoms with Crippen molar-refractivity contribution in [3.05, 3.63) is 53.0 Å². The van der Waals surface area contributed by atoms with Crippen molar-refractivity contribution in [1.82, 2.24) is 9.97 Å². The highest BCUT2D eigenvalue weighted by Gasteiger charge is 2.25. The summed E-state index contributed by atoms with van der Waals surface area (Å²) in [6.45, 7) is 5.32. The summed E-state index contributed by atoms with van der Waals surface area (Å²) in [6, 6.07) is 9.42. The number of benzene rings is 1. The summed E-state index contributed by atoms with van der Waals surface area (Å²) in [4.78, 5) is 33.1. The molecule has 0 radical (unpaired) electrons. The fourth-order valence-electron chi connectivity index (χ4n) is 3.16. The Morgan fingerprint density at radius 2 is 1.86 bits per heavy atom. The lowest BCUT2D eigenvalue weighted by atomic mass is 9.97. The molecule has 8 heteroatoms. The smallest absolute Gasteiger partial charge is 0.342 e. The summed E-state index contributed by atoms with van der Waals surface area (Å²) in [7, 11) is 0. The number of aromatic nitrogens is 2. The number of nitrogen functional groups attached to an aromatic ring is 1. The molecule has 29 heavy (non-hydrogen) atoms. The molecule has 0 aliphatic heterocycles. The Morgan fingerprint density at radius 3 is 2.52 bits per heavy atom. The Kier molecular flexibility index (Phi) is 6.11. The Labute approximate surface area is 168 Å². The van der Waals surface area contributed by atoms with Crippen LogP contribution in [0.4, 0.5) is 5.82 Å². The predicted octanol–water partition coefficient (Wildman–Crippen LogP) is 3.53. The molecule has 3 aromatic rings. The van der Waals surface area contributed by atoms with Gasteiger partial charge < -0.3 is 19.6 Å². The summed E-state index contributed by atoms with van der Waals surface area (Å²) in [5.74, 6) is -0.704.